The van der Waals surface area contributed by atoms with Crippen LogP contribution in [-0.4, -0.2) is 13.7 Å². The summed E-state index contributed by atoms with van der Waals surface area (Å²) in [6.07, 6.45) is 8.64. The van der Waals surface area contributed by atoms with Gasteiger partial charge in [0.05, 0.1) is 6.61 Å². The number of hydrogen-bond donors (Lipinski definition) is 1. The predicted octanol–water partition coefficient (Wildman–Crippen LogP) is 3.48. The van der Waals surface area contributed by atoms with Crippen molar-refractivity contribution in [2.24, 2.45) is 5.73 Å². The van der Waals surface area contributed by atoms with Gasteiger partial charge in [-0.3, -0.25) is 0 Å². The number of rotatable bonds is 4. The average Bonchev–Trinajstić information content (AvgIpc) is 3.21. The number of nitrogens with two attached hydrogens (primary N) is 1. The van der Waals surface area contributed by atoms with E-state index >= 15 is 0 Å². The highest BCUT2D eigenvalue weighted by Crippen LogP contribution is 2.49. The van der Waals surface area contributed by atoms with Crippen LogP contribution in [0, 0.1) is 0 Å². The Balaban J connectivity index is 1.87. The highest BCUT2D eigenvalue weighted by molar-refractivity contribution is 5.37. The maximum atomic E-state index is 6.66. The maximum Gasteiger partial charge on any atom is 0.0559 e. The molecule has 2 fully saturated rings. The van der Waals surface area contributed by atoms with Crippen molar-refractivity contribution in [1.29, 1.82) is 0 Å². The number of methoxy groups -OCH3 is 1. The Bertz CT molecular complexity index is 444. The van der Waals surface area contributed by atoms with Crippen LogP contribution in [0.4, 0.5) is 0 Å². The van der Waals surface area contributed by atoms with Crippen molar-refractivity contribution in [1.82, 2.24) is 0 Å². The first-order chi connectivity index (χ1) is 9.19. The summed E-state index contributed by atoms with van der Waals surface area (Å²) in [5, 5.41) is 0. The Hall–Kier alpha value is -0.860. The summed E-state index contributed by atoms with van der Waals surface area (Å²) >= 11 is 0. The normalized spacial score (nSPS) is 24.1. The fourth-order valence-corrected chi connectivity index (χ4v) is 3.57. The van der Waals surface area contributed by atoms with Gasteiger partial charge in [-0.25, -0.2) is 0 Å². The SMILES string of the molecule is COCC1(c2cccc(C3(N)CCCCC3)c2)CC1. The predicted molar refractivity (Wildman–Crippen MR) is 78.2 cm³/mol. The zero-order valence-corrected chi connectivity index (χ0v) is 12.0. The maximum absolute atomic E-state index is 6.66. The van der Waals surface area contributed by atoms with Gasteiger partial charge in [0.25, 0.3) is 0 Å². The van der Waals surface area contributed by atoms with Gasteiger partial charge in [-0.2, -0.15) is 0 Å². The highest BCUT2D eigenvalue weighted by Gasteiger charge is 2.44. The van der Waals surface area contributed by atoms with E-state index in [1.54, 1.807) is 7.11 Å². The van der Waals surface area contributed by atoms with Crippen molar-refractivity contribution in [2.45, 2.75) is 55.9 Å². The molecular weight excluding hydrogens is 234 g/mol. The van der Waals surface area contributed by atoms with Gasteiger partial charge in [-0.05, 0) is 36.8 Å². The van der Waals surface area contributed by atoms with Crippen LogP contribution in [0.15, 0.2) is 24.3 Å². The van der Waals surface area contributed by atoms with Gasteiger partial charge in [0.1, 0.15) is 0 Å². The van der Waals surface area contributed by atoms with Crippen LogP contribution in [0.1, 0.15) is 56.1 Å². The Morgan fingerprint density at radius 1 is 1.05 bits per heavy atom. The van der Waals surface area contributed by atoms with Crippen LogP contribution < -0.4 is 5.73 Å². The zero-order valence-electron chi connectivity index (χ0n) is 12.0. The van der Waals surface area contributed by atoms with Crippen LogP contribution in [-0.2, 0) is 15.7 Å². The summed E-state index contributed by atoms with van der Waals surface area (Å²) in [4.78, 5) is 0. The summed E-state index contributed by atoms with van der Waals surface area (Å²) in [5.41, 5.74) is 9.63. The van der Waals surface area contributed by atoms with E-state index in [9.17, 15) is 0 Å². The summed E-state index contributed by atoms with van der Waals surface area (Å²) in [6, 6.07) is 9.01. The van der Waals surface area contributed by atoms with Crippen molar-refractivity contribution < 1.29 is 4.74 Å². The summed E-state index contributed by atoms with van der Waals surface area (Å²) in [7, 11) is 1.80. The van der Waals surface area contributed by atoms with E-state index in [0.29, 0.717) is 0 Å². The first kappa shape index (κ1) is 13.1. The minimum atomic E-state index is -0.0859. The van der Waals surface area contributed by atoms with Crippen molar-refractivity contribution in [3.05, 3.63) is 35.4 Å². The van der Waals surface area contributed by atoms with E-state index in [1.807, 2.05) is 0 Å². The van der Waals surface area contributed by atoms with Crippen molar-refractivity contribution in [3.8, 4) is 0 Å². The van der Waals surface area contributed by atoms with Gasteiger partial charge in [0.15, 0.2) is 0 Å². The van der Waals surface area contributed by atoms with Crippen LogP contribution >= 0.6 is 0 Å². The van der Waals surface area contributed by atoms with Crippen LogP contribution in [0.5, 0.6) is 0 Å². The summed E-state index contributed by atoms with van der Waals surface area (Å²) in [6.45, 7) is 0.841. The molecule has 104 valence electrons. The fraction of sp³-hybridized carbons (Fsp3) is 0.647. The third kappa shape index (κ3) is 2.44. The minimum absolute atomic E-state index is 0.0859. The molecule has 19 heavy (non-hydrogen) atoms. The van der Waals surface area contributed by atoms with Gasteiger partial charge in [-0.15, -0.1) is 0 Å². The molecule has 2 aliphatic rings. The topological polar surface area (TPSA) is 35.2 Å². The van der Waals surface area contributed by atoms with Crippen molar-refractivity contribution >= 4 is 0 Å². The lowest BCUT2D eigenvalue weighted by molar-refractivity contribution is 0.171. The smallest absolute Gasteiger partial charge is 0.0559 e. The summed E-state index contributed by atoms with van der Waals surface area (Å²) in [5.74, 6) is 0. The molecule has 2 aliphatic carbocycles. The first-order valence-electron chi connectivity index (χ1n) is 7.57. The second-order valence-electron chi connectivity index (χ2n) is 6.51. The lowest BCUT2D eigenvalue weighted by Gasteiger charge is -2.34. The zero-order chi connectivity index (χ0) is 13.3. The number of benzene rings is 1. The van der Waals surface area contributed by atoms with E-state index in [1.165, 1.54) is 43.2 Å². The molecule has 1 aromatic rings. The second-order valence-corrected chi connectivity index (χ2v) is 6.51. The monoisotopic (exact) mass is 259 g/mol. The number of ether oxygens (including phenoxy) is 1. The Morgan fingerprint density at radius 3 is 2.37 bits per heavy atom. The van der Waals surface area contributed by atoms with Gasteiger partial charge in [0.2, 0.25) is 0 Å². The van der Waals surface area contributed by atoms with Crippen LogP contribution in [0.2, 0.25) is 0 Å². The molecule has 0 saturated heterocycles. The highest BCUT2D eigenvalue weighted by atomic mass is 16.5. The Labute approximate surface area is 116 Å². The van der Waals surface area contributed by atoms with Gasteiger partial charge in [0, 0.05) is 18.1 Å². The standard InChI is InChI=1S/C17H25NO/c1-19-13-16(10-11-16)14-6-5-7-15(12-14)17(18)8-3-2-4-9-17/h5-7,12H,2-4,8-11,13,18H2,1H3. The van der Waals surface area contributed by atoms with Crippen molar-refractivity contribution in [3.63, 3.8) is 0 Å². The first-order valence-corrected chi connectivity index (χ1v) is 7.57. The molecule has 0 amide bonds. The van der Waals surface area contributed by atoms with E-state index in [4.69, 9.17) is 10.5 Å². The van der Waals surface area contributed by atoms with E-state index < -0.39 is 0 Å². The molecule has 0 aromatic heterocycles. The molecule has 2 heteroatoms. The van der Waals surface area contributed by atoms with Gasteiger partial charge >= 0.3 is 0 Å². The van der Waals surface area contributed by atoms with E-state index in [2.05, 4.69) is 24.3 Å². The fourth-order valence-electron chi connectivity index (χ4n) is 3.57. The minimum Gasteiger partial charge on any atom is -0.384 e. The summed E-state index contributed by atoms with van der Waals surface area (Å²) < 4.78 is 5.40. The van der Waals surface area contributed by atoms with Crippen molar-refractivity contribution in [2.75, 3.05) is 13.7 Å². The van der Waals surface area contributed by atoms with Crippen LogP contribution in [0.3, 0.4) is 0 Å². The average molecular weight is 259 g/mol. The lowest BCUT2D eigenvalue weighted by Crippen LogP contribution is -2.38. The second kappa shape index (κ2) is 4.92. The third-order valence-electron chi connectivity index (χ3n) is 5.07. The molecule has 3 rings (SSSR count). The number of hydrogen-bond acceptors (Lipinski definition) is 2. The quantitative estimate of drug-likeness (QED) is 0.898. The van der Waals surface area contributed by atoms with Gasteiger partial charge < -0.3 is 10.5 Å². The lowest BCUT2D eigenvalue weighted by atomic mass is 9.76. The molecule has 0 heterocycles. The largest absolute Gasteiger partial charge is 0.384 e. The molecule has 0 atom stereocenters. The van der Waals surface area contributed by atoms with E-state index in [-0.39, 0.29) is 11.0 Å². The third-order valence-corrected chi connectivity index (χ3v) is 5.07. The molecule has 2 N–H and O–H groups in total. The molecule has 0 radical (unpaired) electrons. The molecule has 1 aromatic carbocycles. The Morgan fingerprint density at radius 2 is 1.74 bits per heavy atom. The molecular formula is C17H25NO. The Kier molecular flexibility index (Phi) is 3.40. The van der Waals surface area contributed by atoms with E-state index in [0.717, 1.165) is 19.4 Å². The molecule has 0 spiro atoms. The van der Waals surface area contributed by atoms with Gasteiger partial charge in [-0.1, -0.05) is 43.5 Å². The molecule has 2 saturated carbocycles. The molecule has 0 aliphatic heterocycles. The molecule has 2 nitrogen and oxygen atoms in total. The molecule has 0 bridgehead atoms. The van der Waals surface area contributed by atoms with Crippen LogP contribution in [0.25, 0.3) is 0 Å². The molecule has 0 unspecified atom stereocenters.